The van der Waals surface area contributed by atoms with Gasteiger partial charge in [0.2, 0.25) is 5.91 Å². The molecule has 1 amide bonds. The number of carbonyl (C=O) groups is 1. The topological polar surface area (TPSA) is 102 Å². The van der Waals surface area contributed by atoms with Gasteiger partial charge in [0.1, 0.15) is 6.54 Å². The molecule has 0 aromatic carbocycles. The molecule has 0 aliphatic carbocycles. The van der Waals surface area contributed by atoms with Crippen molar-refractivity contribution in [2.45, 2.75) is 6.42 Å². The van der Waals surface area contributed by atoms with Crippen molar-refractivity contribution in [1.82, 2.24) is 15.6 Å². The fourth-order valence-corrected chi connectivity index (χ4v) is 1.43. The summed E-state index contributed by atoms with van der Waals surface area (Å²) in [6, 6.07) is 5.75. The fraction of sp³-hybridized carbons (Fsp3) is 0.462. The first-order chi connectivity index (χ1) is 9.72. The molecule has 0 aliphatic heterocycles. The molecular weight excluding hydrogens is 385 g/mol. The van der Waals surface area contributed by atoms with Gasteiger partial charge in [-0.25, -0.2) is 4.99 Å². The number of aliphatic imine (C=N–C) groups is 1. The number of guanidine groups is 1. The molecule has 1 aromatic heterocycles. The molecule has 0 unspecified atom stereocenters. The Morgan fingerprint density at radius 1 is 1.38 bits per heavy atom. The zero-order valence-electron chi connectivity index (χ0n) is 12.0. The van der Waals surface area contributed by atoms with Gasteiger partial charge in [0.25, 0.3) is 0 Å². The average molecular weight is 407 g/mol. The van der Waals surface area contributed by atoms with Crippen LogP contribution in [-0.2, 0) is 16.0 Å². The van der Waals surface area contributed by atoms with E-state index in [4.69, 9.17) is 10.5 Å². The van der Waals surface area contributed by atoms with Crippen molar-refractivity contribution in [3.63, 3.8) is 0 Å². The number of halogens is 1. The third kappa shape index (κ3) is 10.0. The third-order valence-corrected chi connectivity index (χ3v) is 2.43. The number of pyridine rings is 1. The minimum Gasteiger partial charge on any atom is -0.383 e. The molecule has 1 heterocycles. The Labute approximate surface area is 141 Å². The molecule has 1 aromatic rings. The quantitative estimate of drug-likeness (QED) is 0.242. The molecule has 21 heavy (non-hydrogen) atoms. The number of amides is 1. The van der Waals surface area contributed by atoms with Crippen molar-refractivity contribution in [1.29, 1.82) is 0 Å². The number of hydrogen-bond donors (Lipinski definition) is 3. The molecule has 0 aliphatic rings. The monoisotopic (exact) mass is 407 g/mol. The largest absolute Gasteiger partial charge is 0.383 e. The second-order valence-corrected chi connectivity index (χ2v) is 4.04. The van der Waals surface area contributed by atoms with E-state index in [9.17, 15) is 4.79 Å². The molecule has 0 saturated heterocycles. The lowest BCUT2D eigenvalue weighted by molar-refractivity contribution is -0.119. The first-order valence-corrected chi connectivity index (χ1v) is 6.41. The highest BCUT2D eigenvalue weighted by Crippen LogP contribution is 1.92. The lowest BCUT2D eigenvalue weighted by Crippen LogP contribution is -2.35. The first kappa shape index (κ1) is 19.6. The highest BCUT2D eigenvalue weighted by Gasteiger charge is 1.99. The zero-order valence-corrected chi connectivity index (χ0v) is 14.4. The summed E-state index contributed by atoms with van der Waals surface area (Å²) < 4.78 is 4.82. The summed E-state index contributed by atoms with van der Waals surface area (Å²) in [5, 5.41) is 5.59. The molecule has 0 bridgehead atoms. The van der Waals surface area contributed by atoms with Crippen molar-refractivity contribution in [2.75, 3.05) is 33.4 Å². The number of nitrogens with zero attached hydrogens (tertiary/aromatic N) is 2. The first-order valence-electron chi connectivity index (χ1n) is 6.41. The summed E-state index contributed by atoms with van der Waals surface area (Å²) in [4.78, 5) is 19.5. The average Bonchev–Trinajstić information content (AvgIpc) is 2.46. The Hall–Kier alpha value is -1.42. The van der Waals surface area contributed by atoms with E-state index < -0.39 is 0 Å². The van der Waals surface area contributed by atoms with E-state index >= 15 is 0 Å². The van der Waals surface area contributed by atoms with E-state index in [0.29, 0.717) is 19.7 Å². The molecule has 1 rings (SSSR count). The molecule has 0 atom stereocenters. The Balaban J connectivity index is 0.00000400. The van der Waals surface area contributed by atoms with Gasteiger partial charge in [-0.2, -0.15) is 0 Å². The molecule has 0 saturated carbocycles. The number of methoxy groups -OCH3 is 1. The maximum absolute atomic E-state index is 11.4. The van der Waals surface area contributed by atoms with Gasteiger partial charge in [0.15, 0.2) is 5.96 Å². The predicted octanol–water partition coefficient (Wildman–Crippen LogP) is -0.0910. The van der Waals surface area contributed by atoms with Crippen LogP contribution in [0.15, 0.2) is 29.4 Å². The van der Waals surface area contributed by atoms with Crippen molar-refractivity contribution in [3.05, 3.63) is 30.1 Å². The number of carbonyl (C=O) groups excluding carboxylic acids is 1. The summed E-state index contributed by atoms with van der Waals surface area (Å²) >= 11 is 0. The smallest absolute Gasteiger partial charge is 0.241 e. The molecule has 4 N–H and O–H groups in total. The number of nitrogens with two attached hydrogens (primary N) is 1. The zero-order chi connectivity index (χ0) is 14.6. The molecular formula is C13H22IN5O2. The minimum absolute atomic E-state index is 0. The van der Waals surface area contributed by atoms with Gasteiger partial charge in [-0.1, -0.05) is 6.07 Å². The lowest BCUT2D eigenvalue weighted by Gasteiger charge is -2.06. The third-order valence-electron chi connectivity index (χ3n) is 2.43. The summed E-state index contributed by atoms with van der Waals surface area (Å²) in [6.45, 7) is 1.58. The second kappa shape index (κ2) is 12.3. The van der Waals surface area contributed by atoms with Gasteiger partial charge >= 0.3 is 0 Å². The fourth-order valence-electron chi connectivity index (χ4n) is 1.43. The van der Waals surface area contributed by atoms with Gasteiger partial charge in [-0.05, 0) is 12.1 Å². The van der Waals surface area contributed by atoms with E-state index in [-0.39, 0.29) is 42.4 Å². The molecule has 0 fully saturated rings. The van der Waals surface area contributed by atoms with Gasteiger partial charge in [0, 0.05) is 38.5 Å². The van der Waals surface area contributed by atoms with Gasteiger partial charge in [0.05, 0.1) is 6.61 Å². The van der Waals surface area contributed by atoms with Crippen molar-refractivity contribution in [2.24, 2.45) is 10.7 Å². The Morgan fingerprint density at radius 2 is 2.19 bits per heavy atom. The SMILES string of the molecule is COCCNC(=O)CN=C(N)NCCc1ccccn1.I. The summed E-state index contributed by atoms with van der Waals surface area (Å²) in [5.41, 5.74) is 6.63. The van der Waals surface area contributed by atoms with Crippen LogP contribution < -0.4 is 16.4 Å². The predicted molar refractivity (Wildman–Crippen MR) is 92.7 cm³/mol. The van der Waals surface area contributed by atoms with E-state index in [2.05, 4.69) is 20.6 Å². The van der Waals surface area contributed by atoms with Crippen LogP contribution >= 0.6 is 24.0 Å². The van der Waals surface area contributed by atoms with Gasteiger partial charge in [-0.15, -0.1) is 24.0 Å². The Kier molecular flexibility index (Phi) is 11.5. The van der Waals surface area contributed by atoms with Crippen LogP contribution in [0, 0.1) is 0 Å². The molecule has 0 spiro atoms. The molecule has 0 radical (unpaired) electrons. The summed E-state index contributed by atoms with van der Waals surface area (Å²) in [7, 11) is 1.58. The van der Waals surface area contributed by atoms with Crippen LogP contribution in [0.2, 0.25) is 0 Å². The lowest BCUT2D eigenvalue weighted by atomic mass is 10.3. The molecule has 8 heteroatoms. The summed E-state index contributed by atoms with van der Waals surface area (Å²) in [6.07, 6.45) is 2.49. The highest BCUT2D eigenvalue weighted by atomic mass is 127. The van der Waals surface area contributed by atoms with Gasteiger partial charge < -0.3 is 21.1 Å². The van der Waals surface area contributed by atoms with E-state index in [1.165, 1.54) is 0 Å². The van der Waals surface area contributed by atoms with E-state index in [1.54, 1.807) is 13.3 Å². The van der Waals surface area contributed by atoms with E-state index in [0.717, 1.165) is 12.1 Å². The van der Waals surface area contributed by atoms with Crippen LogP contribution in [0.3, 0.4) is 0 Å². The van der Waals surface area contributed by atoms with Crippen LogP contribution in [0.5, 0.6) is 0 Å². The minimum atomic E-state index is -0.184. The van der Waals surface area contributed by atoms with Crippen LogP contribution in [0.4, 0.5) is 0 Å². The number of nitrogens with one attached hydrogen (secondary N) is 2. The molecule has 118 valence electrons. The number of hydrogen-bond acceptors (Lipinski definition) is 4. The number of aromatic nitrogens is 1. The van der Waals surface area contributed by atoms with E-state index in [1.807, 2.05) is 18.2 Å². The normalized spacial score (nSPS) is 10.6. The van der Waals surface area contributed by atoms with Crippen molar-refractivity contribution >= 4 is 35.8 Å². The Bertz CT molecular complexity index is 428. The number of rotatable bonds is 8. The maximum Gasteiger partial charge on any atom is 0.241 e. The Morgan fingerprint density at radius 3 is 2.86 bits per heavy atom. The van der Waals surface area contributed by atoms with Crippen LogP contribution in [-0.4, -0.2) is 50.2 Å². The van der Waals surface area contributed by atoms with Crippen LogP contribution in [0.1, 0.15) is 5.69 Å². The standard InChI is InChI=1S/C13H21N5O2.HI/c1-20-9-8-16-12(19)10-18-13(14)17-7-5-11-4-2-3-6-15-11;/h2-4,6H,5,7-10H2,1H3,(H,16,19)(H3,14,17,18);1H. The van der Waals surface area contributed by atoms with Crippen LogP contribution in [0.25, 0.3) is 0 Å². The summed E-state index contributed by atoms with van der Waals surface area (Å²) in [5.74, 6) is 0.0688. The van der Waals surface area contributed by atoms with Gasteiger partial charge in [-0.3, -0.25) is 9.78 Å². The second-order valence-electron chi connectivity index (χ2n) is 4.04. The molecule has 7 nitrogen and oxygen atoms in total. The van der Waals surface area contributed by atoms with Crippen molar-refractivity contribution < 1.29 is 9.53 Å². The number of ether oxygens (including phenoxy) is 1. The van der Waals surface area contributed by atoms with Crippen molar-refractivity contribution in [3.8, 4) is 0 Å². The highest BCUT2D eigenvalue weighted by molar-refractivity contribution is 14.0. The maximum atomic E-state index is 11.4.